The zero-order valence-corrected chi connectivity index (χ0v) is 12.9. The monoisotopic (exact) mass is 338 g/mol. The highest BCUT2D eigenvalue weighted by molar-refractivity contribution is 7.99. The lowest BCUT2D eigenvalue weighted by Crippen LogP contribution is -2.43. The van der Waals surface area contributed by atoms with E-state index in [0.29, 0.717) is 17.3 Å². The van der Waals surface area contributed by atoms with E-state index >= 15 is 0 Å². The molecule has 0 aliphatic heterocycles. The Bertz CT molecular complexity index is 663. The average molecular weight is 338 g/mol. The van der Waals surface area contributed by atoms with Gasteiger partial charge < -0.3 is 14.8 Å². The number of carbonyl (C=O) groups excluding carboxylic acids is 1. The van der Waals surface area contributed by atoms with Gasteiger partial charge in [0.1, 0.15) is 12.9 Å². The fourth-order valence-corrected chi connectivity index (χ4v) is 2.45. The molecule has 8 heteroatoms. The Balaban J connectivity index is 1.80. The zero-order valence-electron chi connectivity index (χ0n) is 12.1. The Hall–Kier alpha value is -2.35. The highest BCUT2D eigenvalue weighted by Gasteiger charge is 2.19. The summed E-state index contributed by atoms with van der Waals surface area (Å²) < 4.78 is 17.8. The van der Waals surface area contributed by atoms with Gasteiger partial charge in [0, 0.05) is 11.3 Å². The molecule has 0 saturated heterocycles. The number of carboxylic acids is 1. The van der Waals surface area contributed by atoms with Crippen LogP contribution in [0.5, 0.6) is 0 Å². The number of nitrogens with zero attached hydrogens (tertiary/aromatic N) is 1. The van der Waals surface area contributed by atoms with E-state index < -0.39 is 24.6 Å². The van der Waals surface area contributed by atoms with Gasteiger partial charge in [0.25, 0.3) is 0 Å². The van der Waals surface area contributed by atoms with Crippen LogP contribution < -0.4 is 5.32 Å². The van der Waals surface area contributed by atoms with Gasteiger partial charge in [-0.1, -0.05) is 18.2 Å². The summed E-state index contributed by atoms with van der Waals surface area (Å²) in [6, 6.07) is 7.89. The number of carboxylic acid groups (broad SMARTS) is 1. The molecule has 6 nitrogen and oxygen atoms in total. The summed E-state index contributed by atoms with van der Waals surface area (Å²) in [5, 5.41) is 10.8. The molecule has 1 amide bonds. The summed E-state index contributed by atoms with van der Waals surface area (Å²) in [5.41, 5.74) is 1.52. The first-order chi connectivity index (χ1) is 11.1. The predicted molar refractivity (Wildman–Crippen MR) is 83.6 cm³/mol. The van der Waals surface area contributed by atoms with E-state index in [4.69, 9.17) is 9.52 Å². The Morgan fingerprint density at radius 1 is 1.35 bits per heavy atom. The van der Waals surface area contributed by atoms with Crippen molar-refractivity contribution in [2.24, 2.45) is 0 Å². The number of benzene rings is 1. The molecule has 0 spiro atoms. The Kier molecular flexibility index (Phi) is 6.16. The van der Waals surface area contributed by atoms with Gasteiger partial charge >= 0.3 is 5.97 Å². The Morgan fingerprint density at radius 3 is 2.74 bits per heavy atom. The molecule has 2 rings (SSSR count). The van der Waals surface area contributed by atoms with Crippen LogP contribution in [0.1, 0.15) is 5.69 Å². The lowest BCUT2D eigenvalue weighted by molar-refractivity contribution is -0.141. The van der Waals surface area contributed by atoms with Crippen LogP contribution in [0.2, 0.25) is 0 Å². The number of hydrogen-bond acceptors (Lipinski definition) is 5. The number of halogens is 1. The quantitative estimate of drug-likeness (QED) is 0.766. The van der Waals surface area contributed by atoms with Crippen molar-refractivity contribution >= 4 is 23.6 Å². The molecular weight excluding hydrogens is 323 g/mol. The smallest absolute Gasteiger partial charge is 0.328 e. The van der Waals surface area contributed by atoms with Crippen LogP contribution in [0.25, 0.3) is 11.5 Å². The first-order valence-corrected chi connectivity index (χ1v) is 7.91. The first kappa shape index (κ1) is 17.0. The van der Waals surface area contributed by atoms with Gasteiger partial charge in [-0.05, 0) is 12.1 Å². The lowest BCUT2D eigenvalue weighted by atomic mass is 10.2. The minimum Gasteiger partial charge on any atom is -0.480 e. The first-order valence-electron chi connectivity index (χ1n) is 6.76. The molecule has 0 aliphatic carbocycles. The molecule has 0 saturated carbocycles. The number of amides is 1. The Morgan fingerprint density at radius 2 is 2.09 bits per heavy atom. The summed E-state index contributed by atoms with van der Waals surface area (Å²) in [4.78, 5) is 26.5. The summed E-state index contributed by atoms with van der Waals surface area (Å²) in [6.45, 7) is -1.14. The van der Waals surface area contributed by atoms with Crippen LogP contribution in [0.15, 0.2) is 41.0 Å². The number of aromatic nitrogens is 1. The molecule has 2 aromatic rings. The molecule has 2 N–H and O–H groups in total. The predicted octanol–water partition coefficient (Wildman–Crippen LogP) is 2.11. The summed E-state index contributed by atoms with van der Waals surface area (Å²) >= 11 is 1.24. The van der Waals surface area contributed by atoms with E-state index in [1.54, 1.807) is 0 Å². The topological polar surface area (TPSA) is 92.4 Å². The second kappa shape index (κ2) is 8.33. The van der Waals surface area contributed by atoms with Gasteiger partial charge in [-0.25, -0.2) is 14.2 Å². The normalized spacial score (nSPS) is 11.9. The molecule has 122 valence electrons. The molecule has 1 atom stereocenters. The summed E-state index contributed by atoms with van der Waals surface area (Å²) in [5.74, 6) is -0.996. The number of oxazole rings is 1. The van der Waals surface area contributed by atoms with E-state index in [2.05, 4.69) is 10.3 Å². The van der Waals surface area contributed by atoms with E-state index in [1.165, 1.54) is 18.0 Å². The number of carbonyl (C=O) groups is 2. The molecule has 0 bridgehead atoms. The van der Waals surface area contributed by atoms with Gasteiger partial charge in [-0.15, -0.1) is 11.8 Å². The molecule has 23 heavy (non-hydrogen) atoms. The van der Waals surface area contributed by atoms with Crippen LogP contribution in [0, 0.1) is 0 Å². The second-order valence-corrected chi connectivity index (χ2v) is 5.60. The van der Waals surface area contributed by atoms with E-state index in [9.17, 15) is 14.0 Å². The maximum absolute atomic E-state index is 12.4. The highest BCUT2D eigenvalue weighted by Crippen LogP contribution is 2.20. The van der Waals surface area contributed by atoms with E-state index in [-0.39, 0.29) is 5.75 Å². The number of alkyl halides is 1. The van der Waals surface area contributed by atoms with Crippen LogP contribution >= 0.6 is 11.8 Å². The van der Waals surface area contributed by atoms with Crippen LogP contribution in [-0.2, 0) is 15.3 Å². The van der Waals surface area contributed by atoms with Crippen molar-refractivity contribution in [3.8, 4) is 11.5 Å². The lowest BCUT2D eigenvalue weighted by Gasteiger charge is -2.09. The summed E-state index contributed by atoms with van der Waals surface area (Å²) in [6.07, 6.45) is 1.51. The standard InChI is InChI=1S/C15H15FN2O4S/c16-6-12(15(20)21)18-13(19)9-23-8-11-7-22-14(17-11)10-4-2-1-3-5-10/h1-5,7,12H,6,8-9H2,(H,18,19)(H,20,21). The number of thioether (sulfide) groups is 1. The molecular formula is C15H15FN2O4S. The van der Waals surface area contributed by atoms with Gasteiger partial charge in [0.15, 0.2) is 6.04 Å². The third-order valence-corrected chi connectivity index (χ3v) is 3.81. The highest BCUT2D eigenvalue weighted by atomic mass is 32.2. The number of hydrogen-bond donors (Lipinski definition) is 2. The number of nitrogens with one attached hydrogen (secondary N) is 1. The van der Waals surface area contributed by atoms with Crippen LogP contribution in [0.4, 0.5) is 4.39 Å². The number of rotatable bonds is 8. The van der Waals surface area contributed by atoms with Crippen molar-refractivity contribution in [1.29, 1.82) is 0 Å². The third-order valence-electron chi connectivity index (χ3n) is 2.84. The largest absolute Gasteiger partial charge is 0.480 e. The third kappa shape index (κ3) is 5.10. The molecule has 0 aliphatic rings. The minimum atomic E-state index is -1.50. The van der Waals surface area contributed by atoms with Gasteiger partial charge in [-0.2, -0.15) is 0 Å². The maximum atomic E-state index is 12.4. The Labute approximate surface area is 136 Å². The average Bonchev–Trinajstić information content (AvgIpc) is 3.02. The zero-order chi connectivity index (χ0) is 16.7. The molecule has 1 aromatic heterocycles. The molecule has 0 fully saturated rings. The summed E-state index contributed by atoms with van der Waals surface area (Å²) in [7, 11) is 0. The van der Waals surface area contributed by atoms with Crippen molar-refractivity contribution in [2.75, 3.05) is 12.4 Å². The van der Waals surface area contributed by atoms with Crippen molar-refractivity contribution in [2.45, 2.75) is 11.8 Å². The van der Waals surface area contributed by atoms with E-state index in [1.807, 2.05) is 30.3 Å². The van der Waals surface area contributed by atoms with Crippen LogP contribution in [0.3, 0.4) is 0 Å². The molecule has 1 heterocycles. The van der Waals surface area contributed by atoms with Crippen molar-refractivity contribution in [1.82, 2.24) is 10.3 Å². The van der Waals surface area contributed by atoms with Crippen molar-refractivity contribution in [3.63, 3.8) is 0 Å². The van der Waals surface area contributed by atoms with Gasteiger partial charge in [-0.3, -0.25) is 4.79 Å². The second-order valence-electron chi connectivity index (χ2n) is 4.62. The maximum Gasteiger partial charge on any atom is 0.328 e. The fourth-order valence-electron chi connectivity index (χ4n) is 1.74. The van der Waals surface area contributed by atoms with Gasteiger partial charge in [0.05, 0.1) is 11.4 Å². The molecule has 1 aromatic carbocycles. The molecule has 0 radical (unpaired) electrons. The minimum absolute atomic E-state index is 0.0112. The van der Waals surface area contributed by atoms with Gasteiger partial charge in [0.2, 0.25) is 11.8 Å². The van der Waals surface area contributed by atoms with E-state index in [0.717, 1.165) is 5.56 Å². The van der Waals surface area contributed by atoms with Crippen LogP contribution in [-0.4, -0.2) is 40.4 Å². The SMILES string of the molecule is O=C(CSCc1coc(-c2ccccc2)n1)NC(CF)C(=O)O. The number of aliphatic carboxylic acids is 1. The van der Waals surface area contributed by atoms with Crippen molar-refractivity contribution in [3.05, 3.63) is 42.3 Å². The molecule has 1 unspecified atom stereocenters. The van der Waals surface area contributed by atoms with Crippen molar-refractivity contribution < 1.29 is 23.5 Å². The fraction of sp³-hybridized carbons (Fsp3) is 0.267.